The van der Waals surface area contributed by atoms with Crippen molar-refractivity contribution in [2.45, 2.75) is 26.2 Å². The van der Waals surface area contributed by atoms with Gasteiger partial charge in [0.25, 0.3) is 5.89 Å². The van der Waals surface area contributed by atoms with Crippen LogP contribution in [0.1, 0.15) is 26.3 Å². The third kappa shape index (κ3) is 2.78. The van der Waals surface area contributed by atoms with Crippen LogP contribution in [0, 0.1) is 0 Å². The second kappa shape index (κ2) is 5.15. The Labute approximate surface area is 131 Å². The standard InChI is InChI=1S/C16H16BrN3O/c1-16(2,3)12-9-10(17)6-7-11(12)14-19-15(21-20-14)13-5-4-8-18-13/h4-9,18H,1-3H3. The molecule has 2 aromatic heterocycles. The average Bonchev–Trinajstić information content (AvgIpc) is 3.08. The van der Waals surface area contributed by atoms with Crippen LogP contribution in [0.2, 0.25) is 0 Å². The van der Waals surface area contributed by atoms with Gasteiger partial charge in [-0.05, 0) is 41.3 Å². The molecule has 0 aliphatic heterocycles. The number of nitrogens with zero attached hydrogens (tertiary/aromatic N) is 2. The number of hydrogen-bond donors (Lipinski definition) is 1. The van der Waals surface area contributed by atoms with Crippen molar-refractivity contribution in [1.82, 2.24) is 15.1 Å². The molecule has 0 amide bonds. The number of H-pyrrole nitrogens is 1. The molecule has 0 spiro atoms. The van der Waals surface area contributed by atoms with E-state index in [1.54, 1.807) is 0 Å². The number of benzene rings is 1. The van der Waals surface area contributed by atoms with Crippen LogP contribution in [-0.4, -0.2) is 15.1 Å². The lowest BCUT2D eigenvalue weighted by atomic mass is 9.83. The second-order valence-corrected chi connectivity index (χ2v) is 6.86. The van der Waals surface area contributed by atoms with Crippen molar-refractivity contribution in [3.8, 4) is 23.0 Å². The molecule has 0 aliphatic rings. The van der Waals surface area contributed by atoms with Gasteiger partial charge in [0.1, 0.15) is 5.69 Å². The van der Waals surface area contributed by atoms with E-state index in [0.29, 0.717) is 11.7 Å². The smallest absolute Gasteiger partial charge is 0.274 e. The quantitative estimate of drug-likeness (QED) is 0.726. The van der Waals surface area contributed by atoms with Crippen LogP contribution in [-0.2, 0) is 5.41 Å². The summed E-state index contributed by atoms with van der Waals surface area (Å²) in [5.41, 5.74) is 2.98. The fraction of sp³-hybridized carbons (Fsp3) is 0.250. The lowest BCUT2D eigenvalue weighted by molar-refractivity contribution is 0.431. The SMILES string of the molecule is CC(C)(C)c1cc(Br)ccc1-c1noc(-c2ccc[nH]2)n1. The molecule has 0 aliphatic carbocycles. The van der Waals surface area contributed by atoms with E-state index in [-0.39, 0.29) is 5.41 Å². The first-order chi connectivity index (χ1) is 9.95. The van der Waals surface area contributed by atoms with Crippen LogP contribution >= 0.6 is 15.9 Å². The highest BCUT2D eigenvalue weighted by Gasteiger charge is 2.22. The topological polar surface area (TPSA) is 54.7 Å². The first-order valence-corrected chi connectivity index (χ1v) is 7.52. The van der Waals surface area contributed by atoms with Crippen molar-refractivity contribution in [2.75, 3.05) is 0 Å². The number of hydrogen-bond acceptors (Lipinski definition) is 3. The molecule has 0 bridgehead atoms. The molecule has 4 nitrogen and oxygen atoms in total. The molecule has 0 atom stereocenters. The maximum absolute atomic E-state index is 5.36. The molecule has 5 heteroatoms. The molecule has 0 radical (unpaired) electrons. The minimum atomic E-state index is -0.00760. The number of halogens is 1. The van der Waals surface area contributed by atoms with E-state index in [1.807, 2.05) is 30.5 Å². The lowest BCUT2D eigenvalue weighted by Gasteiger charge is -2.22. The summed E-state index contributed by atoms with van der Waals surface area (Å²) in [6.45, 7) is 6.51. The predicted octanol–water partition coefficient (Wildman–Crippen LogP) is 4.79. The maximum Gasteiger partial charge on any atom is 0.274 e. The highest BCUT2D eigenvalue weighted by molar-refractivity contribution is 9.10. The highest BCUT2D eigenvalue weighted by atomic mass is 79.9. The Morgan fingerprint density at radius 3 is 2.67 bits per heavy atom. The Morgan fingerprint density at radius 2 is 2.00 bits per heavy atom. The van der Waals surface area contributed by atoms with Gasteiger partial charge in [0.2, 0.25) is 5.82 Å². The minimum absolute atomic E-state index is 0.00760. The van der Waals surface area contributed by atoms with Crippen LogP contribution in [0.25, 0.3) is 23.0 Å². The Morgan fingerprint density at radius 1 is 1.19 bits per heavy atom. The molecule has 3 rings (SSSR count). The molecule has 1 N–H and O–H groups in total. The Kier molecular flexibility index (Phi) is 3.45. The van der Waals surface area contributed by atoms with E-state index < -0.39 is 0 Å². The van der Waals surface area contributed by atoms with E-state index in [0.717, 1.165) is 15.7 Å². The molecule has 2 heterocycles. The normalized spacial score (nSPS) is 11.8. The first kappa shape index (κ1) is 14.1. The molecule has 1 aromatic carbocycles. The van der Waals surface area contributed by atoms with Crippen molar-refractivity contribution in [2.24, 2.45) is 0 Å². The molecule has 0 saturated carbocycles. The summed E-state index contributed by atoms with van der Waals surface area (Å²) >= 11 is 3.53. The summed E-state index contributed by atoms with van der Waals surface area (Å²) in [5, 5.41) is 4.12. The maximum atomic E-state index is 5.36. The van der Waals surface area contributed by atoms with Crippen molar-refractivity contribution in [3.63, 3.8) is 0 Å². The minimum Gasteiger partial charge on any atom is -0.357 e. The fourth-order valence-electron chi connectivity index (χ4n) is 2.24. The monoisotopic (exact) mass is 345 g/mol. The van der Waals surface area contributed by atoms with Gasteiger partial charge in [0.15, 0.2) is 0 Å². The number of aromatic nitrogens is 3. The largest absolute Gasteiger partial charge is 0.357 e. The third-order valence-electron chi connectivity index (χ3n) is 3.28. The van der Waals surface area contributed by atoms with Crippen molar-refractivity contribution in [1.29, 1.82) is 0 Å². The Balaban J connectivity index is 2.09. The van der Waals surface area contributed by atoms with Crippen LogP contribution in [0.15, 0.2) is 45.5 Å². The molecule has 21 heavy (non-hydrogen) atoms. The summed E-state index contributed by atoms with van der Waals surface area (Å²) in [7, 11) is 0. The average molecular weight is 346 g/mol. The van der Waals surface area contributed by atoms with Gasteiger partial charge in [-0.1, -0.05) is 41.9 Å². The number of aromatic amines is 1. The second-order valence-electron chi connectivity index (χ2n) is 5.95. The summed E-state index contributed by atoms with van der Waals surface area (Å²) in [5.74, 6) is 1.11. The van der Waals surface area contributed by atoms with Crippen molar-refractivity contribution >= 4 is 15.9 Å². The van der Waals surface area contributed by atoms with Gasteiger partial charge in [-0.3, -0.25) is 0 Å². The van der Waals surface area contributed by atoms with E-state index >= 15 is 0 Å². The number of rotatable bonds is 2. The predicted molar refractivity (Wildman–Crippen MR) is 85.9 cm³/mol. The molecular formula is C16H16BrN3O. The van der Waals surface area contributed by atoms with E-state index in [9.17, 15) is 0 Å². The Hall–Kier alpha value is -1.88. The summed E-state index contributed by atoms with van der Waals surface area (Å²) in [6.07, 6.45) is 1.83. The zero-order valence-electron chi connectivity index (χ0n) is 12.1. The lowest BCUT2D eigenvalue weighted by Crippen LogP contribution is -2.13. The zero-order valence-corrected chi connectivity index (χ0v) is 13.7. The van der Waals surface area contributed by atoms with Crippen LogP contribution in [0.3, 0.4) is 0 Å². The summed E-state index contributed by atoms with van der Waals surface area (Å²) in [4.78, 5) is 7.57. The van der Waals surface area contributed by atoms with Gasteiger partial charge < -0.3 is 9.51 Å². The Bertz CT molecular complexity index is 754. The summed E-state index contributed by atoms with van der Waals surface area (Å²) < 4.78 is 6.40. The van der Waals surface area contributed by atoms with Gasteiger partial charge in [-0.25, -0.2) is 0 Å². The summed E-state index contributed by atoms with van der Waals surface area (Å²) in [6, 6.07) is 9.94. The van der Waals surface area contributed by atoms with Crippen LogP contribution in [0.4, 0.5) is 0 Å². The zero-order chi connectivity index (χ0) is 15.0. The van der Waals surface area contributed by atoms with E-state index in [2.05, 4.69) is 57.9 Å². The molecule has 0 unspecified atom stereocenters. The van der Waals surface area contributed by atoms with Gasteiger partial charge in [0, 0.05) is 16.2 Å². The van der Waals surface area contributed by atoms with Crippen LogP contribution < -0.4 is 0 Å². The molecule has 0 fully saturated rings. The number of nitrogens with one attached hydrogen (secondary N) is 1. The van der Waals surface area contributed by atoms with E-state index in [1.165, 1.54) is 5.56 Å². The van der Waals surface area contributed by atoms with E-state index in [4.69, 9.17) is 4.52 Å². The molecule has 108 valence electrons. The highest BCUT2D eigenvalue weighted by Crippen LogP contribution is 2.34. The van der Waals surface area contributed by atoms with Crippen molar-refractivity contribution < 1.29 is 4.52 Å². The fourth-order valence-corrected chi connectivity index (χ4v) is 2.60. The third-order valence-corrected chi connectivity index (χ3v) is 3.78. The van der Waals surface area contributed by atoms with Gasteiger partial charge in [0.05, 0.1) is 0 Å². The first-order valence-electron chi connectivity index (χ1n) is 6.73. The van der Waals surface area contributed by atoms with Gasteiger partial charge in [-0.2, -0.15) is 4.98 Å². The van der Waals surface area contributed by atoms with Gasteiger partial charge >= 0.3 is 0 Å². The molecular weight excluding hydrogens is 330 g/mol. The van der Waals surface area contributed by atoms with Crippen molar-refractivity contribution in [3.05, 3.63) is 46.6 Å². The van der Waals surface area contributed by atoms with Crippen LogP contribution in [0.5, 0.6) is 0 Å². The van der Waals surface area contributed by atoms with Gasteiger partial charge in [-0.15, -0.1) is 0 Å². The molecule has 0 saturated heterocycles. The molecule has 3 aromatic rings.